The molecule has 1 fully saturated rings. The van der Waals surface area contributed by atoms with E-state index in [1.165, 1.54) is 50.1 Å². The van der Waals surface area contributed by atoms with E-state index in [1.54, 1.807) is 14.2 Å². The number of likely N-dealkylation sites (N-methyl/N-ethyl adjacent to an activating group) is 1. The zero-order valence-electron chi connectivity index (χ0n) is 25.9. The Balaban J connectivity index is 1.87. The topological polar surface area (TPSA) is 34.2 Å². The molecule has 0 N–H and O–H groups in total. The molecule has 2 aromatic carbocycles. The maximum Gasteiger partial charge on any atom is 0.166 e. The lowest BCUT2D eigenvalue weighted by Gasteiger charge is -2.64. The summed E-state index contributed by atoms with van der Waals surface area (Å²) in [6.07, 6.45) is 1.07. The van der Waals surface area contributed by atoms with Gasteiger partial charge in [-0.1, -0.05) is 20.8 Å². The zero-order valence-corrected chi connectivity index (χ0v) is 25.9. The fourth-order valence-electron chi connectivity index (χ4n) is 9.09. The van der Waals surface area contributed by atoms with Crippen molar-refractivity contribution < 1.29 is 14.2 Å². The van der Waals surface area contributed by atoms with Crippen LogP contribution >= 0.6 is 0 Å². The van der Waals surface area contributed by atoms with Gasteiger partial charge in [0.1, 0.15) is 5.75 Å². The summed E-state index contributed by atoms with van der Waals surface area (Å²) in [6.45, 7) is 21.0. The van der Waals surface area contributed by atoms with Crippen molar-refractivity contribution in [3.63, 3.8) is 0 Å². The molecule has 0 amide bonds. The second kappa shape index (κ2) is 9.45. The predicted molar refractivity (Wildman–Crippen MR) is 155 cm³/mol. The Morgan fingerprint density at radius 2 is 1.13 bits per heavy atom. The number of hydrogen-bond donors (Lipinski definition) is 0. The molecule has 1 saturated heterocycles. The van der Waals surface area contributed by atoms with E-state index in [1.807, 2.05) is 7.11 Å². The zero-order chi connectivity index (χ0) is 28.0. The molecule has 0 saturated carbocycles. The van der Waals surface area contributed by atoms with Crippen LogP contribution < -0.4 is 14.2 Å². The number of methoxy groups -OCH3 is 3. The monoisotopic (exact) mass is 520 g/mol. The van der Waals surface area contributed by atoms with Crippen LogP contribution in [0.5, 0.6) is 17.2 Å². The van der Waals surface area contributed by atoms with Gasteiger partial charge in [-0.05, 0) is 99.9 Å². The summed E-state index contributed by atoms with van der Waals surface area (Å²) in [5, 5.41) is 0. The highest BCUT2D eigenvalue weighted by Crippen LogP contribution is 2.61. The molecule has 3 heterocycles. The van der Waals surface area contributed by atoms with E-state index in [2.05, 4.69) is 79.2 Å². The first-order valence-corrected chi connectivity index (χ1v) is 14.4. The highest BCUT2D eigenvalue weighted by Gasteiger charge is 2.58. The van der Waals surface area contributed by atoms with Crippen molar-refractivity contribution in [3.05, 3.63) is 50.1 Å². The van der Waals surface area contributed by atoms with Crippen LogP contribution in [0, 0.1) is 34.6 Å². The average molecular weight is 521 g/mol. The first-order valence-electron chi connectivity index (χ1n) is 14.4. The molecule has 3 aliphatic heterocycles. The quantitative estimate of drug-likeness (QED) is 0.431. The molecule has 4 unspecified atom stereocenters. The maximum atomic E-state index is 6.23. The van der Waals surface area contributed by atoms with Crippen LogP contribution in [0.3, 0.4) is 0 Å². The van der Waals surface area contributed by atoms with Crippen molar-refractivity contribution in [1.82, 2.24) is 9.80 Å². The van der Waals surface area contributed by atoms with Gasteiger partial charge in [0.25, 0.3) is 0 Å². The number of hydrogen-bond acceptors (Lipinski definition) is 5. The fourth-order valence-corrected chi connectivity index (χ4v) is 9.09. The van der Waals surface area contributed by atoms with E-state index in [9.17, 15) is 0 Å². The van der Waals surface area contributed by atoms with Crippen molar-refractivity contribution in [2.45, 2.75) is 111 Å². The van der Waals surface area contributed by atoms with E-state index < -0.39 is 0 Å². The summed E-state index contributed by atoms with van der Waals surface area (Å²) >= 11 is 0. The molecular formula is C33H48N2O3. The molecule has 208 valence electrons. The van der Waals surface area contributed by atoms with E-state index in [0.717, 1.165) is 23.7 Å². The molecule has 5 rings (SSSR count). The minimum absolute atomic E-state index is 0.189. The molecule has 5 heteroatoms. The van der Waals surface area contributed by atoms with Crippen molar-refractivity contribution in [3.8, 4) is 17.2 Å². The molecule has 2 aromatic rings. The van der Waals surface area contributed by atoms with Crippen molar-refractivity contribution in [2.75, 3.05) is 28.4 Å². The molecule has 0 spiro atoms. The third kappa shape index (κ3) is 3.24. The van der Waals surface area contributed by atoms with Crippen LogP contribution in [0.4, 0.5) is 0 Å². The molecule has 0 aromatic heterocycles. The lowest BCUT2D eigenvalue weighted by atomic mass is 9.64. The molecular weight excluding hydrogens is 472 g/mol. The second-order valence-electron chi connectivity index (χ2n) is 12.2. The Bertz CT molecular complexity index is 1280. The SMILES string of the molecule is CC[C@H]1c2c(C)c(C)c(C)c(OC)c2C(C)C2[C@H]3c4c(OC)c(OC)c(C)c(C)c4C(C)[C@@H](C(C)N21)N3C. The van der Waals surface area contributed by atoms with Gasteiger partial charge in [-0.25, -0.2) is 0 Å². The summed E-state index contributed by atoms with van der Waals surface area (Å²) in [5.74, 6) is 3.54. The van der Waals surface area contributed by atoms with Crippen LogP contribution in [-0.2, 0) is 0 Å². The number of ether oxygens (including phenoxy) is 3. The molecule has 0 radical (unpaired) electrons. The number of rotatable bonds is 4. The molecule has 5 nitrogen and oxygen atoms in total. The summed E-state index contributed by atoms with van der Waals surface area (Å²) in [4.78, 5) is 5.56. The average Bonchev–Trinajstić information content (AvgIpc) is 2.89. The van der Waals surface area contributed by atoms with E-state index in [-0.39, 0.29) is 18.0 Å². The van der Waals surface area contributed by atoms with Gasteiger partial charge < -0.3 is 14.2 Å². The molecule has 3 aliphatic rings. The maximum absolute atomic E-state index is 6.23. The smallest absolute Gasteiger partial charge is 0.166 e. The first-order chi connectivity index (χ1) is 18.0. The van der Waals surface area contributed by atoms with Gasteiger partial charge in [0.2, 0.25) is 0 Å². The fraction of sp³-hybridized carbons (Fsp3) is 0.636. The van der Waals surface area contributed by atoms with Gasteiger partial charge in [-0.3, -0.25) is 9.80 Å². The van der Waals surface area contributed by atoms with Gasteiger partial charge in [0.15, 0.2) is 11.5 Å². The summed E-state index contributed by atoms with van der Waals surface area (Å²) < 4.78 is 18.4. The third-order valence-corrected chi connectivity index (χ3v) is 10.9. The molecule has 0 aliphatic carbocycles. The number of piperazine rings is 1. The van der Waals surface area contributed by atoms with E-state index >= 15 is 0 Å². The Labute approximate surface area is 230 Å². The van der Waals surface area contributed by atoms with Crippen molar-refractivity contribution >= 4 is 0 Å². The molecule has 2 bridgehead atoms. The number of fused-ring (bicyclic) bond motifs is 7. The summed E-state index contributed by atoms with van der Waals surface area (Å²) in [5.41, 5.74) is 12.3. The second-order valence-corrected chi connectivity index (χ2v) is 12.2. The molecule has 38 heavy (non-hydrogen) atoms. The predicted octanol–water partition coefficient (Wildman–Crippen LogP) is 7.05. The Kier molecular flexibility index (Phi) is 6.79. The van der Waals surface area contributed by atoms with Gasteiger partial charge in [-0.2, -0.15) is 0 Å². The highest BCUT2D eigenvalue weighted by molar-refractivity contribution is 5.65. The van der Waals surface area contributed by atoms with E-state index in [0.29, 0.717) is 24.0 Å². The van der Waals surface area contributed by atoms with Gasteiger partial charge in [-0.15, -0.1) is 0 Å². The lowest BCUT2D eigenvalue weighted by molar-refractivity contribution is -0.101. The summed E-state index contributed by atoms with van der Waals surface area (Å²) in [6, 6.07) is 1.64. The van der Waals surface area contributed by atoms with Crippen LogP contribution in [-0.4, -0.2) is 56.3 Å². The molecule has 7 atom stereocenters. The lowest BCUT2D eigenvalue weighted by Crippen LogP contribution is -2.69. The minimum atomic E-state index is 0.189. The minimum Gasteiger partial charge on any atom is -0.496 e. The standard InChI is InChI=1S/C33H48N2O3/c1-14-23-25-16(3)15(2)18(5)31(36-11)26(25)21(8)29-30-27-24(17(4)19(6)32(37-12)33(27)38-13)20(7)28(34(30)10)22(9)35(23)29/h20-23,28-30H,14H2,1-13H3/t20?,21?,22?,23-,28-,29?,30+/m0/s1. The normalized spacial score (nSPS) is 30.4. The van der Waals surface area contributed by atoms with Gasteiger partial charge in [0, 0.05) is 41.2 Å². The Morgan fingerprint density at radius 3 is 1.68 bits per heavy atom. The van der Waals surface area contributed by atoms with Crippen LogP contribution in [0.1, 0.15) is 108 Å². The number of benzene rings is 2. The summed E-state index contributed by atoms with van der Waals surface area (Å²) in [7, 11) is 7.77. The van der Waals surface area contributed by atoms with Crippen LogP contribution in [0.15, 0.2) is 0 Å². The Morgan fingerprint density at radius 1 is 0.605 bits per heavy atom. The van der Waals surface area contributed by atoms with Crippen LogP contribution in [0.25, 0.3) is 0 Å². The van der Waals surface area contributed by atoms with Crippen molar-refractivity contribution in [2.24, 2.45) is 0 Å². The van der Waals surface area contributed by atoms with Gasteiger partial charge >= 0.3 is 0 Å². The highest BCUT2D eigenvalue weighted by atomic mass is 16.5. The van der Waals surface area contributed by atoms with Gasteiger partial charge in [0.05, 0.1) is 27.4 Å². The number of nitrogens with zero attached hydrogens (tertiary/aromatic N) is 2. The van der Waals surface area contributed by atoms with Crippen molar-refractivity contribution in [1.29, 1.82) is 0 Å². The largest absolute Gasteiger partial charge is 0.496 e. The Hall–Kier alpha value is -2.24. The van der Waals surface area contributed by atoms with E-state index in [4.69, 9.17) is 14.2 Å². The third-order valence-electron chi connectivity index (χ3n) is 10.9. The first kappa shape index (κ1) is 27.3. The van der Waals surface area contributed by atoms with Crippen LogP contribution in [0.2, 0.25) is 0 Å².